The Hall–Kier alpha value is -3.46. The average Bonchev–Trinajstić information content (AvgIpc) is 3.27. The maximum Gasteiger partial charge on any atom is 0.291 e. The van der Waals surface area contributed by atoms with Crippen molar-refractivity contribution in [1.29, 1.82) is 0 Å². The molecule has 0 unspecified atom stereocenters. The number of rotatable bonds is 5. The lowest BCUT2D eigenvalue weighted by atomic mass is 10.2. The SMILES string of the molecule is Cc1ccc(NC(=O)c2ccc(NC(=O)c3ccco3)s2)cc1[N+](=O)[O-]. The zero-order valence-electron chi connectivity index (χ0n) is 13.5. The molecule has 2 N–H and O–H groups in total. The maximum absolute atomic E-state index is 12.3. The van der Waals surface area contributed by atoms with Gasteiger partial charge in [-0.2, -0.15) is 0 Å². The quantitative estimate of drug-likeness (QED) is 0.518. The summed E-state index contributed by atoms with van der Waals surface area (Å²) in [6.07, 6.45) is 1.39. The molecule has 0 spiro atoms. The van der Waals surface area contributed by atoms with Gasteiger partial charge in [-0.05, 0) is 37.3 Å². The second kappa shape index (κ2) is 7.19. The summed E-state index contributed by atoms with van der Waals surface area (Å²) in [4.78, 5) is 35.1. The van der Waals surface area contributed by atoms with E-state index in [-0.39, 0.29) is 11.4 Å². The summed E-state index contributed by atoms with van der Waals surface area (Å²) in [7, 11) is 0. The smallest absolute Gasteiger partial charge is 0.291 e. The Labute approximate surface area is 151 Å². The highest BCUT2D eigenvalue weighted by Gasteiger charge is 2.16. The van der Waals surface area contributed by atoms with Gasteiger partial charge in [-0.25, -0.2) is 0 Å². The number of amides is 2. The van der Waals surface area contributed by atoms with Gasteiger partial charge in [0.15, 0.2) is 5.76 Å². The Kier molecular flexibility index (Phi) is 4.81. The van der Waals surface area contributed by atoms with Crippen LogP contribution in [0.4, 0.5) is 16.4 Å². The molecule has 0 radical (unpaired) electrons. The molecular weight excluding hydrogens is 358 g/mol. The van der Waals surface area contributed by atoms with Crippen LogP contribution in [-0.4, -0.2) is 16.7 Å². The lowest BCUT2D eigenvalue weighted by Crippen LogP contribution is -2.11. The molecular formula is C17H13N3O5S. The van der Waals surface area contributed by atoms with Crippen molar-refractivity contribution in [3.05, 3.63) is 75.0 Å². The second-order valence-electron chi connectivity index (χ2n) is 5.31. The Bertz CT molecular complexity index is 978. The van der Waals surface area contributed by atoms with E-state index in [1.807, 2.05) is 0 Å². The summed E-state index contributed by atoms with van der Waals surface area (Å²) in [5.41, 5.74) is 0.759. The average molecular weight is 371 g/mol. The zero-order chi connectivity index (χ0) is 18.7. The van der Waals surface area contributed by atoms with Crippen LogP contribution in [0.25, 0.3) is 0 Å². The minimum Gasteiger partial charge on any atom is -0.459 e. The number of nitrogens with zero attached hydrogens (tertiary/aromatic N) is 1. The molecule has 0 fully saturated rings. The predicted molar refractivity (Wildman–Crippen MR) is 96.8 cm³/mol. The molecule has 0 aliphatic carbocycles. The van der Waals surface area contributed by atoms with E-state index in [1.165, 1.54) is 18.4 Å². The lowest BCUT2D eigenvalue weighted by molar-refractivity contribution is -0.385. The van der Waals surface area contributed by atoms with Crippen LogP contribution in [0, 0.1) is 17.0 Å². The summed E-state index contributed by atoms with van der Waals surface area (Å²) < 4.78 is 5.00. The molecule has 2 heterocycles. The third-order valence-corrected chi connectivity index (χ3v) is 4.47. The van der Waals surface area contributed by atoms with Crippen molar-refractivity contribution in [1.82, 2.24) is 0 Å². The van der Waals surface area contributed by atoms with Gasteiger partial charge in [-0.3, -0.25) is 19.7 Å². The first kappa shape index (κ1) is 17.4. The van der Waals surface area contributed by atoms with Gasteiger partial charge in [-0.1, -0.05) is 6.07 Å². The van der Waals surface area contributed by atoms with Gasteiger partial charge in [0.05, 0.1) is 21.1 Å². The molecule has 0 atom stereocenters. The number of hydrogen-bond acceptors (Lipinski definition) is 6. The van der Waals surface area contributed by atoms with Crippen molar-refractivity contribution >= 4 is 39.5 Å². The van der Waals surface area contributed by atoms with Gasteiger partial charge in [0.2, 0.25) is 0 Å². The number of benzene rings is 1. The fraction of sp³-hybridized carbons (Fsp3) is 0.0588. The Morgan fingerprint density at radius 2 is 1.92 bits per heavy atom. The fourth-order valence-corrected chi connectivity index (χ4v) is 2.98. The van der Waals surface area contributed by atoms with Crippen molar-refractivity contribution in [3.63, 3.8) is 0 Å². The van der Waals surface area contributed by atoms with E-state index < -0.39 is 16.7 Å². The van der Waals surface area contributed by atoms with Crippen molar-refractivity contribution in [3.8, 4) is 0 Å². The maximum atomic E-state index is 12.3. The molecule has 2 aromatic heterocycles. The van der Waals surface area contributed by atoms with Gasteiger partial charge in [0.25, 0.3) is 17.5 Å². The monoisotopic (exact) mass is 371 g/mol. The molecule has 0 aliphatic heterocycles. The van der Waals surface area contributed by atoms with Crippen molar-refractivity contribution < 1.29 is 18.9 Å². The molecule has 132 valence electrons. The largest absolute Gasteiger partial charge is 0.459 e. The van der Waals surface area contributed by atoms with Crippen molar-refractivity contribution in [2.24, 2.45) is 0 Å². The standard InChI is InChI=1S/C17H13N3O5S/c1-10-4-5-11(9-12(10)20(23)24)18-17(22)14-6-7-15(26-14)19-16(21)13-3-2-8-25-13/h2-9H,1H3,(H,18,22)(H,19,21). The van der Waals surface area contributed by atoms with Gasteiger partial charge in [-0.15, -0.1) is 11.3 Å². The molecule has 8 nitrogen and oxygen atoms in total. The molecule has 0 bridgehead atoms. The normalized spacial score (nSPS) is 10.3. The van der Waals surface area contributed by atoms with Crippen LogP contribution < -0.4 is 10.6 Å². The van der Waals surface area contributed by atoms with E-state index in [2.05, 4.69) is 10.6 Å². The van der Waals surface area contributed by atoms with Crippen LogP contribution in [0.15, 0.2) is 53.1 Å². The van der Waals surface area contributed by atoms with Gasteiger partial charge in [0.1, 0.15) is 0 Å². The Morgan fingerprint density at radius 3 is 2.62 bits per heavy atom. The van der Waals surface area contributed by atoms with Crippen LogP contribution in [0.1, 0.15) is 25.8 Å². The molecule has 1 aromatic carbocycles. The second-order valence-corrected chi connectivity index (χ2v) is 6.39. The van der Waals surface area contributed by atoms with Crippen LogP contribution in [0.3, 0.4) is 0 Å². The van der Waals surface area contributed by atoms with Gasteiger partial charge in [0, 0.05) is 17.3 Å². The van der Waals surface area contributed by atoms with E-state index in [0.717, 1.165) is 11.3 Å². The minimum absolute atomic E-state index is 0.0691. The first-order chi connectivity index (χ1) is 12.4. The number of carbonyl (C=O) groups excluding carboxylic acids is 2. The lowest BCUT2D eigenvalue weighted by Gasteiger charge is -2.05. The third-order valence-electron chi connectivity index (χ3n) is 3.48. The number of thiophene rings is 1. The molecule has 0 saturated carbocycles. The molecule has 3 rings (SSSR count). The van der Waals surface area contributed by atoms with E-state index in [4.69, 9.17) is 4.42 Å². The van der Waals surface area contributed by atoms with Crippen LogP contribution >= 0.6 is 11.3 Å². The number of hydrogen-bond donors (Lipinski definition) is 2. The molecule has 26 heavy (non-hydrogen) atoms. The van der Waals surface area contributed by atoms with Crippen molar-refractivity contribution in [2.45, 2.75) is 6.92 Å². The number of nitro groups is 1. The summed E-state index contributed by atoms with van der Waals surface area (Å²) in [6.45, 7) is 1.62. The number of nitro benzene ring substituents is 1. The topological polar surface area (TPSA) is 114 Å². The van der Waals surface area contributed by atoms with Crippen LogP contribution in [0.5, 0.6) is 0 Å². The van der Waals surface area contributed by atoms with Crippen LogP contribution in [0.2, 0.25) is 0 Å². The summed E-state index contributed by atoms with van der Waals surface area (Å²) in [5.74, 6) is -0.680. The van der Waals surface area contributed by atoms with E-state index in [1.54, 1.807) is 37.3 Å². The molecule has 3 aromatic rings. The summed E-state index contributed by atoms with van der Waals surface area (Å²) in [5, 5.41) is 16.7. The first-order valence-electron chi connectivity index (χ1n) is 7.45. The summed E-state index contributed by atoms with van der Waals surface area (Å²) in [6, 6.07) is 10.7. The van der Waals surface area contributed by atoms with E-state index in [0.29, 0.717) is 21.1 Å². The Balaban J connectivity index is 1.69. The van der Waals surface area contributed by atoms with Gasteiger partial charge >= 0.3 is 0 Å². The number of furan rings is 1. The highest BCUT2D eigenvalue weighted by Crippen LogP contribution is 2.26. The highest BCUT2D eigenvalue weighted by atomic mass is 32.1. The Morgan fingerprint density at radius 1 is 1.12 bits per heavy atom. The number of carbonyl (C=O) groups is 2. The third kappa shape index (κ3) is 3.78. The van der Waals surface area contributed by atoms with Gasteiger partial charge < -0.3 is 15.1 Å². The van der Waals surface area contributed by atoms with Crippen molar-refractivity contribution in [2.75, 3.05) is 10.6 Å². The van der Waals surface area contributed by atoms with E-state index in [9.17, 15) is 19.7 Å². The fourth-order valence-electron chi connectivity index (χ4n) is 2.18. The number of nitrogens with one attached hydrogen (secondary N) is 2. The number of anilines is 2. The predicted octanol–water partition coefficient (Wildman–Crippen LogP) is 4.06. The first-order valence-corrected chi connectivity index (χ1v) is 8.27. The molecule has 0 saturated heterocycles. The number of aryl methyl sites for hydroxylation is 1. The highest BCUT2D eigenvalue weighted by molar-refractivity contribution is 7.18. The minimum atomic E-state index is -0.502. The molecule has 0 aliphatic rings. The summed E-state index contributed by atoms with van der Waals surface area (Å²) >= 11 is 1.08. The van der Waals surface area contributed by atoms with E-state index >= 15 is 0 Å². The van der Waals surface area contributed by atoms with Crippen LogP contribution in [-0.2, 0) is 0 Å². The molecule has 2 amide bonds. The molecule has 9 heteroatoms. The zero-order valence-corrected chi connectivity index (χ0v) is 14.3.